The second kappa shape index (κ2) is 7.58. The molecule has 1 unspecified atom stereocenters. The summed E-state index contributed by atoms with van der Waals surface area (Å²) in [6, 6.07) is 4.51. The molecule has 146 valence electrons. The molecule has 27 heavy (non-hydrogen) atoms. The Morgan fingerprint density at radius 1 is 1.26 bits per heavy atom. The van der Waals surface area contributed by atoms with Gasteiger partial charge in [0.15, 0.2) is 0 Å². The van der Waals surface area contributed by atoms with Crippen molar-refractivity contribution in [3.05, 3.63) is 35.7 Å². The number of nitrogens with one attached hydrogen (secondary N) is 1. The van der Waals surface area contributed by atoms with Gasteiger partial charge in [-0.15, -0.1) is 10.2 Å². The Bertz CT molecular complexity index is 787. The van der Waals surface area contributed by atoms with Crippen LogP contribution in [-0.4, -0.2) is 40.3 Å². The van der Waals surface area contributed by atoms with Gasteiger partial charge >= 0.3 is 12.2 Å². The predicted octanol–water partition coefficient (Wildman–Crippen LogP) is 4.05. The van der Waals surface area contributed by atoms with E-state index in [4.69, 9.17) is 4.42 Å². The second-order valence-electron chi connectivity index (χ2n) is 6.91. The van der Waals surface area contributed by atoms with Crippen LogP contribution in [-0.2, 0) is 6.18 Å². The summed E-state index contributed by atoms with van der Waals surface area (Å²) in [4.78, 5) is 13.9. The number of alkyl halides is 3. The molecule has 0 radical (unpaired) electrons. The Morgan fingerprint density at radius 3 is 2.59 bits per heavy atom. The number of benzene rings is 1. The minimum absolute atomic E-state index is 0.0487. The number of carbonyl (C=O) groups excluding carboxylic acids is 1. The Morgan fingerprint density at radius 2 is 1.96 bits per heavy atom. The van der Waals surface area contributed by atoms with E-state index in [2.05, 4.69) is 15.5 Å². The average Bonchev–Trinajstić information content (AvgIpc) is 3.11. The van der Waals surface area contributed by atoms with Crippen molar-refractivity contribution in [2.75, 3.05) is 13.1 Å². The number of nitrogens with zero attached hydrogens (tertiary/aromatic N) is 3. The van der Waals surface area contributed by atoms with Crippen LogP contribution in [0.3, 0.4) is 0 Å². The van der Waals surface area contributed by atoms with Crippen LogP contribution in [0.15, 0.2) is 28.7 Å². The minimum atomic E-state index is -4.39. The van der Waals surface area contributed by atoms with E-state index in [9.17, 15) is 18.0 Å². The van der Waals surface area contributed by atoms with Crippen LogP contribution in [0.5, 0.6) is 0 Å². The highest BCUT2D eigenvalue weighted by Crippen LogP contribution is 2.32. The highest BCUT2D eigenvalue weighted by molar-refractivity contribution is 5.74. The number of halogens is 3. The number of likely N-dealkylation sites (tertiary alicyclic amines) is 1. The summed E-state index contributed by atoms with van der Waals surface area (Å²) >= 11 is 0. The summed E-state index contributed by atoms with van der Waals surface area (Å²) in [6.07, 6.45) is -2.77. The molecule has 1 aromatic carbocycles. The molecule has 0 spiro atoms. The number of hydrogen-bond donors (Lipinski definition) is 1. The fourth-order valence-corrected chi connectivity index (χ4v) is 3.02. The van der Waals surface area contributed by atoms with Crippen molar-refractivity contribution in [2.45, 2.75) is 44.8 Å². The number of rotatable bonds is 3. The molecule has 1 aliphatic rings. The lowest BCUT2D eigenvalue weighted by Gasteiger charge is -2.31. The van der Waals surface area contributed by atoms with Crippen molar-refractivity contribution >= 4 is 6.03 Å². The lowest BCUT2D eigenvalue weighted by atomic mass is 9.98. The quantitative estimate of drug-likeness (QED) is 0.869. The van der Waals surface area contributed by atoms with Gasteiger partial charge in [-0.05, 0) is 51.0 Å². The molecule has 3 rings (SSSR count). The molecule has 1 aromatic heterocycles. The van der Waals surface area contributed by atoms with Gasteiger partial charge in [0.2, 0.25) is 11.8 Å². The van der Waals surface area contributed by atoms with Crippen LogP contribution < -0.4 is 5.32 Å². The molecule has 1 N–H and O–H groups in total. The van der Waals surface area contributed by atoms with Crippen molar-refractivity contribution < 1.29 is 22.4 Å². The number of urea groups is 1. The Hall–Kier alpha value is -2.58. The molecule has 0 saturated carbocycles. The summed E-state index contributed by atoms with van der Waals surface area (Å²) in [7, 11) is 0. The van der Waals surface area contributed by atoms with E-state index in [-0.39, 0.29) is 23.9 Å². The molecule has 2 aromatic rings. The van der Waals surface area contributed by atoms with Crippen molar-refractivity contribution in [3.63, 3.8) is 0 Å². The molecule has 0 bridgehead atoms. The lowest BCUT2D eigenvalue weighted by molar-refractivity contribution is -0.137. The first-order valence-electron chi connectivity index (χ1n) is 8.80. The molecule has 2 amide bonds. The Balaban J connectivity index is 1.71. The standard InChI is InChI=1S/C18H21F3N4O2/c1-11(2)22-17(26)25-9-3-4-13(10-25)16-24-23-15(27-16)12-5-7-14(8-6-12)18(19,20)21/h5-8,11,13H,3-4,9-10H2,1-2H3,(H,22,26). The summed E-state index contributed by atoms with van der Waals surface area (Å²) in [6.45, 7) is 4.92. The van der Waals surface area contributed by atoms with Crippen molar-refractivity contribution in [2.24, 2.45) is 0 Å². The molecule has 6 nitrogen and oxygen atoms in total. The zero-order valence-corrected chi connectivity index (χ0v) is 15.1. The van der Waals surface area contributed by atoms with Gasteiger partial charge in [0, 0.05) is 24.7 Å². The predicted molar refractivity (Wildman–Crippen MR) is 92.0 cm³/mol. The molecule has 1 atom stereocenters. The van der Waals surface area contributed by atoms with Gasteiger partial charge < -0.3 is 14.6 Å². The topological polar surface area (TPSA) is 71.3 Å². The molecule has 9 heteroatoms. The zero-order valence-electron chi connectivity index (χ0n) is 15.1. The molecule has 1 fully saturated rings. The van der Waals surface area contributed by atoms with E-state index in [1.165, 1.54) is 12.1 Å². The average molecular weight is 382 g/mol. The third-order valence-corrected chi connectivity index (χ3v) is 4.37. The van der Waals surface area contributed by atoms with Crippen LogP contribution in [0.2, 0.25) is 0 Å². The molecule has 1 saturated heterocycles. The maximum Gasteiger partial charge on any atom is 0.416 e. The van der Waals surface area contributed by atoms with Crippen LogP contribution in [0.4, 0.5) is 18.0 Å². The van der Waals surface area contributed by atoms with E-state index < -0.39 is 11.7 Å². The molecular formula is C18H21F3N4O2. The number of carbonyl (C=O) groups is 1. The summed E-state index contributed by atoms with van der Waals surface area (Å²) in [5.74, 6) is 0.474. The molecule has 2 heterocycles. The maximum absolute atomic E-state index is 12.7. The van der Waals surface area contributed by atoms with Gasteiger partial charge in [0.25, 0.3) is 0 Å². The largest absolute Gasteiger partial charge is 0.420 e. The number of amides is 2. The van der Waals surface area contributed by atoms with E-state index in [0.29, 0.717) is 24.5 Å². The fourth-order valence-electron chi connectivity index (χ4n) is 3.02. The molecule has 1 aliphatic heterocycles. The fraction of sp³-hybridized carbons (Fsp3) is 0.500. The second-order valence-corrected chi connectivity index (χ2v) is 6.91. The van der Waals surface area contributed by atoms with Gasteiger partial charge in [-0.3, -0.25) is 0 Å². The Labute approximate surface area is 154 Å². The van der Waals surface area contributed by atoms with E-state index >= 15 is 0 Å². The first kappa shape index (κ1) is 19.2. The summed E-state index contributed by atoms with van der Waals surface area (Å²) in [5.41, 5.74) is -0.308. The van der Waals surface area contributed by atoms with Crippen molar-refractivity contribution in [1.29, 1.82) is 0 Å². The van der Waals surface area contributed by atoms with E-state index in [0.717, 1.165) is 25.0 Å². The van der Waals surface area contributed by atoms with Gasteiger partial charge in [-0.2, -0.15) is 13.2 Å². The van der Waals surface area contributed by atoms with Gasteiger partial charge in [-0.1, -0.05) is 0 Å². The number of hydrogen-bond acceptors (Lipinski definition) is 4. The highest BCUT2D eigenvalue weighted by atomic mass is 19.4. The van der Waals surface area contributed by atoms with Gasteiger partial charge in [0.05, 0.1) is 11.5 Å². The molecule has 0 aliphatic carbocycles. The highest BCUT2D eigenvalue weighted by Gasteiger charge is 2.31. The molecular weight excluding hydrogens is 361 g/mol. The monoisotopic (exact) mass is 382 g/mol. The Kier molecular flexibility index (Phi) is 5.38. The number of piperidine rings is 1. The van der Waals surface area contributed by atoms with Crippen LogP contribution in [0.1, 0.15) is 44.1 Å². The van der Waals surface area contributed by atoms with E-state index in [1.54, 1.807) is 4.90 Å². The SMILES string of the molecule is CC(C)NC(=O)N1CCCC(c2nnc(-c3ccc(C(F)(F)F)cc3)o2)C1. The summed E-state index contributed by atoms with van der Waals surface area (Å²) < 4.78 is 43.7. The maximum atomic E-state index is 12.7. The first-order valence-corrected chi connectivity index (χ1v) is 8.80. The lowest BCUT2D eigenvalue weighted by Crippen LogP contribution is -2.47. The van der Waals surface area contributed by atoms with Crippen molar-refractivity contribution in [3.8, 4) is 11.5 Å². The summed E-state index contributed by atoms with van der Waals surface area (Å²) in [5, 5.41) is 10.9. The smallest absolute Gasteiger partial charge is 0.416 e. The van der Waals surface area contributed by atoms with Crippen LogP contribution in [0, 0.1) is 0 Å². The number of aromatic nitrogens is 2. The van der Waals surface area contributed by atoms with Crippen LogP contribution in [0.25, 0.3) is 11.5 Å². The van der Waals surface area contributed by atoms with Gasteiger partial charge in [0.1, 0.15) is 0 Å². The normalized spacial score (nSPS) is 18.0. The third-order valence-electron chi connectivity index (χ3n) is 4.37. The van der Waals surface area contributed by atoms with E-state index in [1.807, 2.05) is 13.8 Å². The first-order chi connectivity index (χ1) is 12.7. The van der Waals surface area contributed by atoms with Gasteiger partial charge in [-0.25, -0.2) is 4.79 Å². The zero-order chi connectivity index (χ0) is 19.6. The van der Waals surface area contributed by atoms with Crippen molar-refractivity contribution in [1.82, 2.24) is 20.4 Å². The third kappa shape index (κ3) is 4.58. The minimum Gasteiger partial charge on any atom is -0.420 e. The van der Waals surface area contributed by atoms with Crippen LogP contribution >= 0.6 is 0 Å².